The Kier molecular flexibility index (Phi) is 5.48. The molecule has 0 saturated carbocycles. The zero-order valence-electron chi connectivity index (χ0n) is 9.52. The van der Waals surface area contributed by atoms with Crippen LogP contribution in [0.25, 0.3) is 0 Å². The Hall–Kier alpha value is 0.290. The molecule has 0 radical (unpaired) electrons. The number of nitrogens with one attached hydrogen (secondary N) is 1. The molecule has 1 aromatic rings. The summed E-state index contributed by atoms with van der Waals surface area (Å²) in [4.78, 5) is 4.42. The summed E-state index contributed by atoms with van der Waals surface area (Å²) in [6, 6.07) is 1.09. The van der Waals surface area contributed by atoms with Gasteiger partial charge < -0.3 is 5.32 Å². The standard InChI is InChI=1S/C11H18N2S3/c1-2-10(11-12-3-4-16-11)13-9-7-14-5-6-15-8-9/h3-4,9-10,13H,2,5-8H2,1H3. The van der Waals surface area contributed by atoms with Crippen molar-refractivity contribution in [2.45, 2.75) is 25.4 Å². The van der Waals surface area contributed by atoms with E-state index in [1.165, 1.54) is 28.0 Å². The van der Waals surface area contributed by atoms with Gasteiger partial charge in [-0.15, -0.1) is 11.3 Å². The molecule has 16 heavy (non-hydrogen) atoms. The molecule has 0 amide bonds. The number of hydrogen-bond donors (Lipinski definition) is 1. The third-order valence-corrected chi connectivity index (χ3v) is 6.01. The molecule has 1 fully saturated rings. The number of aromatic nitrogens is 1. The smallest absolute Gasteiger partial charge is 0.109 e. The highest BCUT2D eigenvalue weighted by Gasteiger charge is 2.18. The van der Waals surface area contributed by atoms with E-state index in [2.05, 4.69) is 46.1 Å². The normalized spacial score (nSPS) is 20.6. The molecule has 2 heterocycles. The largest absolute Gasteiger partial charge is 0.303 e. The zero-order valence-corrected chi connectivity index (χ0v) is 12.0. The molecule has 2 rings (SSSR count). The zero-order chi connectivity index (χ0) is 11.2. The van der Waals surface area contributed by atoms with Gasteiger partial charge in [0.1, 0.15) is 5.01 Å². The molecule has 1 unspecified atom stereocenters. The Balaban J connectivity index is 1.90. The minimum atomic E-state index is 0.448. The van der Waals surface area contributed by atoms with E-state index in [0.717, 1.165) is 6.42 Å². The topological polar surface area (TPSA) is 24.9 Å². The third-order valence-electron chi connectivity index (χ3n) is 2.60. The fourth-order valence-electron chi connectivity index (χ4n) is 1.77. The molecule has 1 N–H and O–H groups in total. The van der Waals surface area contributed by atoms with Crippen molar-refractivity contribution in [2.75, 3.05) is 23.0 Å². The van der Waals surface area contributed by atoms with E-state index in [1.807, 2.05) is 6.20 Å². The van der Waals surface area contributed by atoms with Gasteiger partial charge in [-0.05, 0) is 6.42 Å². The average Bonchev–Trinajstić information content (AvgIpc) is 2.71. The molecular weight excluding hydrogens is 256 g/mol. The summed E-state index contributed by atoms with van der Waals surface area (Å²) in [7, 11) is 0. The summed E-state index contributed by atoms with van der Waals surface area (Å²) in [5.74, 6) is 5.09. The van der Waals surface area contributed by atoms with E-state index >= 15 is 0 Å². The quantitative estimate of drug-likeness (QED) is 0.912. The molecule has 90 valence electrons. The molecule has 1 atom stereocenters. The van der Waals surface area contributed by atoms with Crippen molar-refractivity contribution in [1.29, 1.82) is 0 Å². The van der Waals surface area contributed by atoms with Crippen LogP contribution in [0, 0.1) is 0 Å². The van der Waals surface area contributed by atoms with Crippen molar-refractivity contribution in [3.8, 4) is 0 Å². The Bertz CT molecular complexity index is 281. The van der Waals surface area contributed by atoms with E-state index < -0.39 is 0 Å². The summed E-state index contributed by atoms with van der Waals surface area (Å²) in [6.07, 6.45) is 3.03. The van der Waals surface area contributed by atoms with Crippen molar-refractivity contribution >= 4 is 34.9 Å². The van der Waals surface area contributed by atoms with E-state index in [4.69, 9.17) is 0 Å². The summed E-state index contributed by atoms with van der Waals surface area (Å²) in [5.41, 5.74) is 0. The lowest BCUT2D eigenvalue weighted by molar-refractivity contribution is 0.473. The Morgan fingerprint density at radius 3 is 2.75 bits per heavy atom. The molecule has 5 heteroatoms. The van der Waals surface area contributed by atoms with Gasteiger partial charge in [-0.3, -0.25) is 0 Å². The first-order valence-corrected chi connectivity index (χ1v) is 8.90. The van der Waals surface area contributed by atoms with Crippen LogP contribution in [0.4, 0.5) is 0 Å². The molecule has 0 aliphatic carbocycles. The van der Waals surface area contributed by atoms with Crippen molar-refractivity contribution in [3.05, 3.63) is 16.6 Å². The van der Waals surface area contributed by atoms with Crippen molar-refractivity contribution < 1.29 is 0 Å². The van der Waals surface area contributed by atoms with Crippen LogP contribution in [0.1, 0.15) is 24.4 Å². The van der Waals surface area contributed by atoms with Crippen LogP contribution in [-0.2, 0) is 0 Å². The molecule has 0 aromatic carbocycles. The van der Waals surface area contributed by atoms with Gasteiger partial charge in [-0.25, -0.2) is 4.98 Å². The molecule has 0 bridgehead atoms. The Labute approximate surface area is 110 Å². The molecule has 0 spiro atoms. The lowest BCUT2D eigenvalue weighted by Gasteiger charge is -2.21. The second-order valence-corrected chi connectivity index (χ2v) is 7.07. The summed E-state index contributed by atoms with van der Waals surface area (Å²) in [6.45, 7) is 2.23. The monoisotopic (exact) mass is 274 g/mol. The third kappa shape index (κ3) is 3.65. The highest BCUT2D eigenvalue weighted by Crippen LogP contribution is 2.23. The van der Waals surface area contributed by atoms with Crippen LogP contribution in [0.15, 0.2) is 11.6 Å². The number of nitrogens with zero attached hydrogens (tertiary/aromatic N) is 1. The van der Waals surface area contributed by atoms with Crippen LogP contribution >= 0.6 is 34.9 Å². The van der Waals surface area contributed by atoms with Crippen molar-refractivity contribution in [1.82, 2.24) is 10.3 Å². The number of thiazole rings is 1. The average molecular weight is 274 g/mol. The van der Waals surface area contributed by atoms with Gasteiger partial charge in [0.25, 0.3) is 0 Å². The van der Waals surface area contributed by atoms with Gasteiger partial charge in [0.15, 0.2) is 0 Å². The van der Waals surface area contributed by atoms with Gasteiger partial charge >= 0.3 is 0 Å². The van der Waals surface area contributed by atoms with Crippen molar-refractivity contribution in [3.63, 3.8) is 0 Å². The maximum atomic E-state index is 4.42. The highest BCUT2D eigenvalue weighted by molar-refractivity contribution is 8.03. The highest BCUT2D eigenvalue weighted by atomic mass is 32.2. The van der Waals surface area contributed by atoms with Crippen LogP contribution < -0.4 is 5.32 Å². The predicted octanol–water partition coefficient (Wildman–Crippen LogP) is 3.03. The number of hydrogen-bond acceptors (Lipinski definition) is 5. The summed E-state index contributed by atoms with van der Waals surface area (Å²) in [5, 5.41) is 7.06. The molecule has 1 aliphatic rings. The maximum Gasteiger partial charge on any atom is 0.109 e. The minimum absolute atomic E-state index is 0.448. The van der Waals surface area contributed by atoms with Crippen LogP contribution in [0.2, 0.25) is 0 Å². The van der Waals surface area contributed by atoms with E-state index in [1.54, 1.807) is 11.3 Å². The number of rotatable bonds is 4. The number of thioether (sulfide) groups is 2. The summed E-state index contributed by atoms with van der Waals surface area (Å²) >= 11 is 5.91. The van der Waals surface area contributed by atoms with E-state index in [9.17, 15) is 0 Å². The Morgan fingerprint density at radius 1 is 1.44 bits per heavy atom. The lowest BCUT2D eigenvalue weighted by Crippen LogP contribution is -2.36. The predicted molar refractivity (Wildman–Crippen MR) is 76.7 cm³/mol. The van der Waals surface area contributed by atoms with Gasteiger partial charge in [-0.1, -0.05) is 6.92 Å². The fraction of sp³-hybridized carbons (Fsp3) is 0.727. The fourth-order valence-corrected chi connectivity index (χ4v) is 4.97. The van der Waals surface area contributed by atoms with Gasteiger partial charge in [0.05, 0.1) is 6.04 Å². The molecule has 1 aromatic heterocycles. The maximum absolute atomic E-state index is 4.42. The lowest BCUT2D eigenvalue weighted by atomic mass is 10.2. The Morgan fingerprint density at radius 2 is 2.19 bits per heavy atom. The minimum Gasteiger partial charge on any atom is -0.303 e. The van der Waals surface area contributed by atoms with Gasteiger partial charge in [0, 0.05) is 40.6 Å². The van der Waals surface area contributed by atoms with E-state index in [-0.39, 0.29) is 0 Å². The van der Waals surface area contributed by atoms with E-state index in [0.29, 0.717) is 12.1 Å². The first kappa shape index (κ1) is 12.7. The molecule has 1 saturated heterocycles. The first-order chi connectivity index (χ1) is 7.90. The van der Waals surface area contributed by atoms with Crippen LogP contribution in [0.5, 0.6) is 0 Å². The molecular formula is C11H18N2S3. The first-order valence-electron chi connectivity index (χ1n) is 5.71. The van der Waals surface area contributed by atoms with Gasteiger partial charge in [0.2, 0.25) is 0 Å². The SMILES string of the molecule is CCC(NC1CSCCSC1)c1nccs1. The van der Waals surface area contributed by atoms with Crippen molar-refractivity contribution in [2.24, 2.45) is 0 Å². The van der Waals surface area contributed by atoms with Crippen LogP contribution in [0.3, 0.4) is 0 Å². The second-order valence-electron chi connectivity index (χ2n) is 3.84. The summed E-state index contributed by atoms with van der Waals surface area (Å²) < 4.78 is 0. The van der Waals surface area contributed by atoms with Gasteiger partial charge in [-0.2, -0.15) is 23.5 Å². The second kappa shape index (κ2) is 6.89. The molecule has 1 aliphatic heterocycles. The molecule has 2 nitrogen and oxygen atoms in total. The van der Waals surface area contributed by atoms with Crippen LogP contribution in [-0.4, -0.2) is 34.0 Å².